The fourth-order valence-corrected chi connectivity index (χ4v) is 2.90. The first-order valence-corrected chi connectivity index (χ1v) is 8.76. The Hall–Kier alpha value is -1.34. The molecule has 2 aromatic rings. The minimum atomic E-state index is -0.0417. The first-order chi connectivity index (χ1) is 11.5. The lowest BCUT2D eigenvalue weighted by Crippen LogP contribution is -2.33. The second-order valence-electron chi connectivity index (χ2n) is 5.60. The number of carbonyl (C=O) groups is 1. The van der Waals surface area contributed by atoms with E-state index in [1.54, 1.807) is 7.11 Å². The lowest BCUT2D eigenvalue weighted by atomic mass is 10.2. The maximum absolute atomic E-state index is 12.4. The summed E-state index contributed by atoms with van der Waals surface area (Å²) in [5, 5.41) is 6.16. The number of aromatic nitrogens is 1. The normalized spacial score (nSPS) is 10.4. The lowest BCUT2D eigenvalue weighted by Gasteiger charge is -2.10. The van der Waals surface area contributed by atoms with Crippen LogP contribution in [0.5, 0.6) is 0 Å². The first kappa shape index (κ1) is 21.7. The standard InChI is InChI=1S/C18H24BrN3O2.ClH/c1-13-12-17(18(23)21-9-8-20-10-11-24-3)14(2)22(13)16-6-4-15(19)5-7-16;/h4-7,12,20H,8-11H2,1-3H3,(H,21,23);1H. The van der Waals surface area contributed by atoms with Gasteiger partial charge in [0.2, 0.25) is 0 Å². The van der Waals surface area contributed by atoms with Gasteiger partial charge in [0.25, 0.3) is 5.91 Å². The number of hydrogen-bond donors (Lipinski definition) is 2. The van der Waals surface area contributed by atoms with Crippen LogP contribution in [0.15, 0.2) is 34.8 Å². The average Bonchev–Trinajstić information content (AvgIpc) is 2.86. The van der Waals surface area contributed by atoms with E-state index >= 15 is 0 Å². The van der Waals surface area contributed by atoms with Crippen molar-refractivity contribution in [2.24, 2.45) is 0 Å². The summed E-state index contributed by atoms with van der Waals surface area (Å²) in [7, 11) is 1.67. The molecule has 0 bridgehead atoms. The molecule has 0 aliphatic rings. The number of amides is 1. The number of rotatable bonds is 8. The van der Waals surface area contributed by atoms with Crippen LogP contribution < -0.4 is 10.6 Å². The summed E-state index contributed by atoms with van der Waals surface area (Å²) >= 11 is 3.45. The number of benzene rings is 1. The van der Waals surface area contributed by atoms with Gasteiger partial charge in [0.15, 0.2) is 0 Å². The van der Waals surface area contributed by atoms with E-state index in [9.17, 15) is 4.79 Å². The van der Waals surface area contributed by atoms with Gasteiger partial charge >= 0.3 is 0 Å². The molecule has 0 saturated carbocycles. The highest BCUT2D eigenvalue weighted by Crippen LogP contribution is 2.22. The maximum Gasteiger partial charge on any atom is 0.253 e. The average molecular weight is 431 g/mol. The van der Waals surface area contributed by atoms with E-state index in [-0.39, 0.29) is 18.3 Å². The van der Waals surface area contributed by atoms with Gasteiger partial charge in [0.05, 0.1) is 12.2 Å². The molecular formula is C18H25BrClN3O2. The molecule has 1 aromatic carbocycles. The number of methoxy groups -OCH3 is 1. The Bertz CT molecular complexity index is 686. The molecule has 0 aliphatic carbocycles. The Morgan fingerprint density at radius 1 is 1.16 bits per heavy atom. The summed E-state index contributed by atoms with van der Waals surface area (Å²) in [4.78, 5) is 12.4. The highest BCUT2D eigenvalue weighted by molar-refractivity contribution is 9.10. The van der Waals surface area contributed by atoms with E-state index in [1.807, 2.05) is 44.2 Å². The Morgan fingerprint density at radius 3 is 2.48 bits per heavy atom. The molecule has 0 fully saturated rings. The van der Waals surface area contributed by atoms with Gasteiger partial charge in [-0.2, -0.15) is 0 Å². The van der Waals surface area contributed by atoms with Gasteiger partial charge in [-0.1, -0.05) is 15.9 Å². The molecular weight excluding hydrogens is 406 g/mol. The molecule has 7 heteroatoms. The van der Waals surface area contributed by atoms with Crippen molar-refractivity contribution in [1.29, 1.82) is 0 Å². The predicted octanol–water partition coefficient (Wildman–Crippen LogP) is 3.24. The molecule has 0 radical (unpaired) electrons. The van der Waals surface area contributed by atoms with Gasteiger partial charge in [-0.05, 0) is 44.2 Å². The zero-order valence-corrected chi connectivity index (χ0v) is 17.2. The zero-order valence-electron chi connectivity index (χ0n) is 14.8. The summed E-state index contributed by atoms with van der Waals surface area (Å²) in [6.07, 6.45) is 0. The van der Waals surface area contributed by atoms with E-state index in [4.69, 9.17) is 4.74 Å². The van der Waals surface area contributed by atoms with Crippen molar-refractivity contribution in [2.75, 3.05) is 33.4 Å². The quantitative estimate of drug-likeness (QED) is 0.632. The van der Waals surface area contributed by atoms with Crippen molar-refractivity contribution in [1.82, 2.24) is 15.2 Å². The summed E-state index contributed by atoms with van der Waals surface area (Å²) in [6.45, 7) is 6.75. The molecule has 0 unspecified atom stereocenters. The molecule has 25 heavy (non-hydrogen) atoms. The van der Waals surface area contributed by atoms with E-state index < -0.39 is 0 Å². The van der Waals surface area contributed by atoms with Crippen molar-refractivity contribution in [3.63, 3.8) is 0 Å². The predicted molar refractivity (Wildman–Crippen MR) is 107 cm³/mol. The highest BCUT2D eigenvalue weighted by Gasteiger charge is 2.16. The van der Waals surface area contributed by atoms with Crippen molar-refractivity contribution in [3.8, 4) is 5.69 Å². The number of ether oxygens (including phenoxy) is 1. The third-order valence-corrected chi connectivity index (χ3v) is 4.36. The summed E-state index contributed by atoms with van der Waals surface area (Å²) in [5.41, 5.74) is 3.75. The largest absolute Gasteiger partial charge is 0.383 e. The van der Waals surface area contributed by atoms with E-state index in [1.165, 1.54) is 0 Å². The van der Waals surface area contributed by atoms with Gasteiger partial charge in [-0.15, -0.1) is 12.4 Å². The molecule has 1 amide bonds. The second-order valence-corrected chi connectivity index (χ2v) is 6.51. The molecule has 0 saturated heterocycles. The molecule has 2 rings (SSSR count). The van der Waals surface area contributed by atoms with Crippen LogP contribution in [0.1, 0.15) is 21.7 Å². The Morgan fingerprint density at radius 2 is 1.84 bits per heavy atom. The smallest absolute Gasteiger partial charge is 0.253 e. The SMILES string of the molecule is COCCNCCNC(=O)c1cc(C)n(-c2ccc(Br)cc2)c1C.Cl. The van der Waals surface area contributed by atoms with Crippen LogP contribution in [0.2, 0.25) is 0 Å². The van der Waals surface area contributed by atoms with Crippen LogP contribution in [0.3, 0.4) is 0 Å². The summed E-state index contributed by atoms with van der Waals surface area (Å²) in [6, 6.07) is 10.0. The van der Waals surface area contributed by atoms with Crippen molar-refractivity contribution < 1.29 is 9.53 Å². The second kappa shape index (κ2) is 10.6. The van der Waals surface area contributed by atoms with Crippen LogP contribution >= 0.6 is 28.3 Å². The third-order valence-electron chi connectivity index (χ3n) is 3.83. The summed E-state index contributed by atoms with van der Waals surface area (Å²) in [5.74, 6) is -0.0417. The Balaban J connectivity index is 0.00000312. The van der Waals surface area contributed by atoms with Gasteiger partial charge in [0, 0.05) is 48.3 Å². The fraction of sp³-hybridized carbons (Fsp3) is 0.389. The van der Waals surface area contributed by atoms with Crippen molar-refractivity contribution in [2.45, 2.75) is 13.8 Å². The van der Waals surface area contributed by atoms with Crippen LogP contribution in [-0.4, -0.2) is 43.8 Å². The van der Waals surface area contributed by atoms with Gasteiger partial charge in [-0.3, -0.25) is 4.79 Å². The number of aryl methyl sites for hydroxylation is 1. The lowest BCUT2D eigenvalue weighted by molar-refractivity contribution is 0.0953. The third kappa shape index (κ3) is 5.85. The van der Waals surface area contributed by atoms with Crippen LogP contribution in [0, 0.1) is 13.8 Å². The Labute approximate surface area is 163 Å². The topological polar surface area (TPSA) is 55.3 Å². The van der Waals surface area contributed by atoms with E-state index in [2.05, 4.69) is 31.1 Å². The molecule has 5 nitrogen and oxygen atoms in total. The first-order valence-electron chi connectivity index (χ1n) is 7.97. The van der Waals surface area contributed by atoms with Gasteiger partial charge in [0.1, 0.15) is 0 Å². The minimum Gasteiger partial charge on any atom is -0.383 e. The van der Waals surface area contributed by atoms with Gasteiger partial charge < -0.3 is 19.9 Å². The number of nitrogens with one attached hydrogen (secondary N) is 2. The van der Waals surface area contributed by atoms with Crippen molar-refractivity contribution >= 4 is 34.2 Å². The van der Waals surface area contributed by atoms with Crippen LogP contribution in [0.4, 0.5) is 0 Å². The number of nitrogens with zero attached hydrogens (tertiary/aromatic N) is 1. The molecule has 0 atom stereocenters. The number of hydrogen-bond acceptors (Lipinski definition) is 3. The molecule has 1 aromatic heterocycles. The molecule has 2 N–H and O–H groups in total. The molecule has 1 heterocycles. The molecule has 0 spiro atoms. The maximum atomic E-state index is 12.4. The highest BCUT2D eigenvalue weighted by atomic mass is 79.9. The number of carbonyl (C=O) groups excluding carboxylic acids is 1. The van der Waals surface area contributed by atoms with E-state index in [0.29, 0.717) is 18.7 Å². The minimum absolute atomic E-state index is 0. The van der Waals surface area contributed by atoms with Gasteiger partial charge in [-0.25, -0.2) is 0 Å². The van der Waals surface area contributed by atoms with Crippen LogP contribution in [-0.2, 0) is 4.74 Å². The fourth-order valence-electron chi connectivity index (χ4n) is 2.64. The Kier molecular flexibility index (Phi) is 9.21. The van der Waals surface area contributed by atoms with Crippen molar-refractivity contribution in [3.05, 3.63) is 51.8 Å². The van der Waals surface area contributed by atoms with Crippen LogP contribution in [0.25, 0.3) is 5.69 Å². The molecule has 138 valence electrons. The monoisotopic (exact) mass is 429 g/mol. The summed E-state index contributed by atoms with van der Waals surface area (Å²) < 4.78 is 8.09. The number of halogens is 2. The van der Waals surface area contributed by atoms with E-state index in [0.717, 1.165) is 34.6 Å². The zero-order chi connectivity index (χ0) is 17.5. The molecule has 0 aliphatic heterocycles.